The lowest BCUT2D eigenvalue weighted by atomic mass is 10.1. The number of benzene rings is 1. The minimum absolute atomic E-state index is 0.805. The first-order valence-electron chi connectivity index (χ1n) is 3.88. The van der Waals surface area contributed by atoms with Gasteiger partial charge in [0.15, 0.2) is 0 Å². The zero-order valence-electron chi connectivity index (χ0n) is 6.99. The van der Waals surface area contributed by atoms with Crippen molar-refractivity contribution >= 4 is 17.7 Å². The summed E-state index contributed by atoms with van der Waals surface area (Å²) in [7, 11) is 2.00. The van der Waals surface area contributed by atoms with Gasteiger partial charge >= 0.3 is 0 Å². The van der Waals surface area contributed by atoms with Gasteiger partial charge in [-0.3, -0.25) is 0 Å². The maximum Gasteiger partial charge on any atom is 0.0912 e. The molecule has 0 atom stereocenters. The van der Waals surface area contributed by atoms with E-state index in [-0.39, 0.29) is 0 Å². The molecule has 2 N–H and O–H groups in total. The van der Waals surface area contributed by atoms with Crippen LogP contribution in [0.1, 0.15) is 5.56 Å². The van der Waals surface area contributed by atoms with Gasteiger partial charge in [-0.25, -0.2) is 4.99 Å². The molecule has 0 saturated carbocycles. The molecule has 0 unspecified atom stereocenters. The van der Waals surface area contributed by atoms with Crippen molar-refractivity contribution in [2.45, 2.75) is 6.54 Å². The predicted octanol–water partition coefficient (Wildman–Crippen LogP) is 1.37. The van der Waals surface area contributed by atoms with Gasteiger partial charge in [-0.2, -0.15) is 0 Å². The van der Waals surface area contributed by atoms with Crippen molar-refractivity contribution in [2.75, 3.05) is 12.8 Å². The van der Waals surface area contributed by atoms with Gasteiger partial charge in [0.05, 0.1) is 12.0 Å². The molecule has 0 fully saturated rings. The highest BCUT2D eigenvalue weighted by Crippen LogP contribution is 2.25. The minimum atomic E-state index is 0.805. The van der Waals surface area contributed by atoms with Crippen molar-refractivity contribution in [3.8, 4) is 0 Å². The van der Waals surface area contributed by atoms with Crippen LogP contribution in [0.15, 0.2) is 23.2 Å². The number of hydrogen-bond acceptors (Lipinski definition) is 3. The summed E-state index contributed by atoms with van der Waals surface area (Å²) < 4.78 is 0. The van der Waals surface area contributed by atoms with Crippen LogP contribution in [-0.4, -0.2) is 18.3 Å². The highest BCUT2D eigenvalue weighted by atomic mass is 15.1. The van der Waals surface area contributed by atoms with Crippen LogP contribution in [0, 0.1) is 0 Å². The quantitative estimate of drug-likeness (QED) is 0.584. The lowest BCUT2D eigenvalue weighted by molar-refractivity contribution is 0.509. The van der Waals surface area contributed by atoms with Crippen LogP contribution in [-0.2, 0) is 6.54 Å². The molecule has 62 valence electrons. The van der Waals surface area contributed by atoms with Crippen molar-refractivity contribution in [3.63, 3.8) is 0 Å². The van der Waals surface area contributed by atoms with E-state index in [1.807, 2.05) is 36.5 Å². The summed E-state index contributed by atoms with van der Waals surface area (Å²) in [6, 6.07) is 5.80. The van der Waals surface area contributed by atoms with Crippen LogP contribution >= 0.6 is 0 Å². The zero-order valence-corrected chi connectivity index (χ0v) is 6.99. The summed E-state index contributed by atoms with van der Waals surface area (Å²) in [5.41, 5.74) is 8.69. The summed E-state index contributed by atoms with van der Waals surface area (Å²) in [6.45, 7) is 0.893. The van der Waals surface area contributed by atoms with E-state index < -0.39 is 0 Å². The number of nitrogen functional groups attached to an aromatic ring is 1. The lowest BCUT2D eigenvalue weighted by Crippen LogP contribution is -2.18. The van der Waals surface area contributed by atoms with E-state index in [0.29, 0.717) is 0 Å². The fraction of sp³-hybridized carbons (Fsp3) is 0.222. The second-order valence-corrected chi connectivity index (χ2v) is 3.05. The third-order valence-corrected chi connectivity index (χ3v) is 1.92. The number of nitrogens with zero attached hydrogens (tertiary/aromatic N) is 2. The van der Waals surface area contributed by atoms with Crippen molar-refractivity contribution < 1.29 is 0 Å². The Morgan fingerprint density at radius 2 is 2.33 bits per heavy atom. The van der Waals surface area contributed by atoms with Crippen molar-refractivity contribution in [2.24, 2.45) is 4.99 Å². The Hall–Kier alpha value is -1.51. The first kappa shape index (κ1) is 7.16. The van der Waals surface area contributed by atoms with Gasteiger partial charge in [-0.05, 0) is 23.8 Å². The van der Waals surface area contributed by atoms with E-state index in [4.69, 9.17) is 5.73 Å². The highest BCUT2D eigenvalue weighted by Gasteiger charge is 2.07. The van der Waals surface area contributed by atoms with Gasteiger partial charge in [0, 0.05) is 19.3 Å². The summed E-state index contributed by atoms with van der Waals surface area (Å²) in [5, 5.41) is 0. The molecule has 0 bridgehead atoms. The number of aliphatic imine (C=N–C) groups is 1. The summed E-state index contributed by atoms with van der Waals surface area (Å²) in [6.07, 6.45) is 1.83. The second-order valence-electron chi connectivity index (χ2n) is 3.05. The van der Waals surface area contributed by atoms with Gasteiger partial charge in [-0.1, -0.05) is 0 Å². The van der Waals surface area contributed by atoms with Crippen LogP contribution in [0.2, 0.25) is 0 Å². The Kier molecular flexibility index (Phi) is 1.50. The van der Waals surface area contributed by atoms with E-state index >= 15 is 0 Å². The minimum Gasteiger partial charge on any atom is -0.399 e. The van der Waals surface area contributed by atoms with Crippen LogP contribution in [0.5, 0.6) is 0 Å². The average molecular weight is 161 g/mol. The summed E-state index contributed by atoms with van der Waals surface area (Å²) in [4.78, 5) is 6.29. The number of nitrogens with two attached hydrogens (primary N) is 1. The molecular weight excluding hydrogens is 150 g/mol. The number of fused-ring (bicyclic) bond motifs is 1. The Bertz CT molecular complexity index is 331. The first-order valence-corrected chi connectivity index (χ1v) is 3.88. The molecule has 12 heavy (non-hydrogen) atoms. The molecule has 2 rings (SSSR count). The van der Waals surface area contributed by atoms with Crippen molar-refractivity contribution in [1.29, 1.82) is 0 Å². The van der Waals surface area contributed by atoms with E-state index in [2.05, 4.69) is 4.99 Å². The first-order chi connectivity index (χ1) is 5.75. The van der Waals surface area contributed by atoms with Gasteiger partial charge in [0.25, 0.3) is 0 Å². The largest absolute Gasteiger partial charge is 0.399 e. The predicted molar refractivity (Wildman–Crippen MR) is 50.5 cm³/mol. The molecular formula is C9H11N3. The van der Waals surface area contributed by atoms with Gasteiger partial charge in [0.1, 0.15) is 0 Å². The van der Waals surface area contributed by atoms with Crippen LogP contribution < -0.4 is 5.73 Å². The monoisotopic (exact) mass is 161 g/mol. The molecule has 1 aromatic carbocycles. The molecule has 0 aromatic heterocycles. The molecule has 3 nitrogen and oxygen atoms in total. The van der Waals surface area contributed by atoms with Gasteiger partial charge in [0.2, 0.25) is 0 Å². The van der Waals surface area contributed by atoms with Gasteiger partial charge < -0.3 is 10.6 Å². The number of hydrogen-bond donors (Lipinski definition) is 1. The van der Waals surface area contributed by atoms with Crippen molar-refractivity contribution in [1.82, 2.24) is 4.90 Å². The fourth-order valence-electron chi connectivity index (χ4n) is 1.33. The maximum absolute atomic E-state index is 5.66. The fourth-order valence-corrected chi connectivity index (χ4v) is 1.33. The third kappa shape index (κ3) is 1.13. The molecule has 0 amide bonds. The topological polar surface area (TPSA) is 41.6 Å². The normalized spacial score (nSPS) is 14.6. The molecule has 0 aliphatic carbocycles. The molecule has 0 saturated heterocycles. The average Bonchev–Trinajstić information content (AvgIpc) is 2.03. The Morgan fingerprint density at radius 1 is 1.50 bits per heavy atom. The van der Waals surface area contributed by atoms with E-state index in [1.165, 1.54) is 5.56 Å². The zero-order chi connectivity index (χ0) is 8.55. The van der Waals surface area contributed by atoms with Crippen molar-refractivity contribution in [3.05, 3.63) is 23.8 Å². The van der Waals surface area contributed by atoms with Gasteiger partial charge in [-0.15, -0.1) is 0 Å². The smallest absolute Gasteiger partial charge is 0.0912 e. The molecule has 0 spiro atoms. The molecule has 0 radical (unpaired) electrons. The maximum atomic E-state index is 5.66. The molecule has 1 aliphatic rings. The van der Waals surface area contributed by atoms with E-state index in [0.717, 1.165) is 17.9 Å². The lowest BCUT2D eigenvalue weighted by Gasteiger charge is -2.19. The standard InChI is InChI=1S/C9H11N3/c1-12-5-7-4-8(10)2-3-9(7)11-6-12/h2-4,6H,5,10H2,1H3. The number of anilines is 1. The Labute approximate surface area is 71.5 Å². The summed E-state index contributed by atoms with van der Waals surface area (Å²) >= 11 is 0. The molecule has 3 heteroatoms. The SMILES string of the molecule is CN1C=Nc2ccc(N)cc2C1. The Balaban J connectivity index is 2.47. The molecule has 1 heterocycles. The highest BCUT2D eigenvalue weighted by molar-refractivity contribution is 5.68. The number of rotatable bonds is 0. The molecule has 1 aliphatic heterocycles. The molecule has 1 aromatic rings. The third-order valence-electron chi connectivity index (χ3n) is 1.92. The van der Waals surface area contributed by atoms with Crippen LogP contribution in [0.3, 0.4) is 0 Å². The summed E-state index contributed by atoms with van der Waals surface area (Å²) in [5.74, 6) is 0. The van der Waals surface area contributed by atoms with E-state index in [9.17, 15) is 0 Å². The Morgan fingerprint density at radius 3 is 3.17 bits per heavy atom. The van der Waals surface area contributed by atoms with Crippen LogP contribution in [0.4, 0.5) is 11.4 Å². The van der Waals surface area contributed by atoms with E-state index in [1.54, 1.807) is 0 Å². The second kappa shape index (κ2) is 2.52. The van der Waals surface area contributed by atoms with Crippen LogP contribution in [0.25, 0.3) is 0 Å².